The standard InChI is InChI=1S/C18H26BN3O2/c1-17(2)18(3,4)24-19(23-17)14-6-7-16-13(10-14)11-22(20-16)15-8-9-21(5)12-15/h6-7,10-11,15H,8-9,12H2,1-5H3. The van der Waals surface area contributed by atoms with Crippen molar-refractivity contribution in [2.45, 2.75) is 51.4 Å². The number of benzene rings is 1. The van der Waals surface area contributed by atoms with E-state index in [1.807, 2.05) is 0 Å². The summed E-state index contributed by atoms with van der Waals surface area (Å²) >= 11 is 0. The predicted molar refractivity (Wildman–Crippen MR) is 96.6 cm³/mol. The molecule has 1 atom stereocenters. The van der Waals surface area contributed by atoms with Crippen LogP contribution in [0.15, 0.2) is 24.4 Å². The van der Waals surface area contributed by atoms with Crippen LogP contribution in [-0.4, -0.2) is 53.1 Å². The molecule has 2 fully saturated rings. The van der Waals surface area contributed by atoms with Gasteiger partial charge >= 0.3 is 7.12 Å². The van der Waals surface area contributed by atoms with Gasteiger partial charge in [-0.05, 0) is 59.2 Å². The minimum Gasteiger partial charge on any atom is -0.399 e. The van der Waals surface area contributed by atoms with E-state index < -0.39 is 0 Å². The molecule has 0 saturated carbocycles. The van der Waals surface area contributed by atoms with Crippen molar-refractivity contribution in [2.24, 2.45) is 0 Å². The van der Waals surface area contributed by atoms with Crippen molar-refractivity contribution >= 4 is 23.5 Å². The van der Waals surface area contributed by atoms with Crippen molar-refractivity contribution in [3.63, 3.8) is 0 Å². The summed E-state index contributed by atoms with van der Waals surface area (Å²) < 4.78 is 14.5. The molecule has 24 heavy (non-hydrogen) atoms. The average Bonchev–Trinajstić information content (AvgIpc) is 3.15. The maximum absolute atomic E-state index is 6.16. The van der Waals surface area contributed by atoms with E-state index >= 15 is 0 Å². The molecular weight excluding hydrogens is 301 g/mol. The highest BCUT2D eigenvalue weighted by Gasteiger charge is 2.51. The third kappa shape index (κ3) is 2.57. The third-order valence-electron chi connectivity index (χ3n) is 5.81. The van der Waals surface area contributed by atoms with Gasteiger partial charge in [0.15, 0.2) is 0 Å². The molecule has 2 aromatic rings. The van der Waals surface area contributed by atoms with Crippen molar-refractivity contribution in [1.29, 1.82) is 0 Å². The number of likely N-dealkylation sites (tertiary alicyclic amines) is 1. The fourth-order valence-corrected chi connectivity index (χ4v) is 3.50. The summed E-state index contributed by atoms with van der Waals surface area (Å²) in [6, 6.07) is 6.77. The molecule has 3 heterocycles. The van der Waals surface area contributed by atoms with Crippen molar-refractivity contribution < 1.29 is 9.31 Å². The highest BCUT2D eigenvalue weighted by Crippen LogP contribution is 2.36. The van der Waals surface area contributed by atoms with Gasteiger partial charge in [-0.1, -0.05) is 12.1 Å². The molecule has 0 N–H and O–H groups in total. The van der Waals surface area contributed by atoms with Crippen LogP contribution in [0.25, 0.3) is 10.9 Å². The number of hydrogen-bond acceptors (Lipinski definition) is 4. The van der Waals surface area contributed by atoms with Crippen LogP contribution >= 0.6 is 0 Å². The topological polar surface area (TPSA) is 39.5 Å². The number of aromatic nitrogens is 2. The zero-order chi connectivity index (χ0) is 17.1. The maximum Gasteiger partial charge on any atom is 0.494 e. The lowest BCUT2D eigenvalue weighted by atomic mass is 9.79. The Labute approximate surface area is 144 Å². The molecule has 1 aromatic heterocycles. The molecule has 2 aliphatic rings. The molecule has 2 aliphatic heterocycles. The van der Waals surface area contributed by atoms with E-state index in [4.69, 9.17) is 14.4 Å². The number of likely N-dealkylation sites (N-methyl/N-ethyl adjacent to an activating group) is 1. The molecule has 4 rings (SSSR count). The summed E-state index contributed by atoms with van der Waals surface area (Å²) in [6.45, 7) is 10.5. The number of hydrogen-bond donors (Lipinski definition) is 0. The molecule has 0 bridgehead atoms. The molecule has 1 aromatic carbocycles. The van der Waals surface area contributed by atoms with Gasteiger partial charge in [-0.3, -0.25) is 4.68 Å². The van der Waals surface area contributed by atoms with Gasteiger partial charge in [-0.25, -0.2) is 0 Å². The fraction of sp³-hybridized carbons (Fsp3) is 0.611. The SMILES string of the molecule is CN1CCC(n2cc3cc(B4OC(C)(C)C(C)(C)O4)ccc3n2)C1. The van der Waals surface area contributed by atoms with Gasteiger partial charge in [0.05, 0.1) is 22.8 Å². The first kappa shape index (κ1) is 16.1. The Morgan fingerprint density at radius 3 is 2.50 bits per heavy atom. The Kier molecular flexibility index (Phi) is 3.57. The van der Waals surface area contributed by atoms with Crippen LogP contribution in [0.5, 0.6) is 0 Å². The molecular formula is C18H26BN3O2. The first-order valence-corrected chi connectivity index (χ1v) is 8.78. The summed E-state index contributed by atoms with van der Waals surface area (Å²) in [6.07, 6.45) is 3.32. The van der Waals surface area contributed by atoms with Crippen LogP contribution in [0.1, 0.15) is 40.2 Å². The Bertz CT molecular complexity index is 755. The molecule has 0 radical (unpaired) electrons. The molecule has 0 spiro atoms. The molecule has 1 unspecified atom stereocenters. The Morgan fingerprint density at radius 2 is 1.88 bits per heavy atom. The van der Waals surface area contributed by atoms with Gasteiger partial charge in [0.25, 0.3) is 0 Å². The first-order chi connectivity index (χ1) is 11.2. The van der Waals surface area contributed by atoms with Gasteiger partial charge in [-0.15, -0.1) is 0 Å². The third-order valence-corrected chi connectivity index (χ3v) is 5.81. The lowest BCUT2D eigenvalue weighted by molar-refractivity contribution is 0.00578. The van der Waals surface area contributed by atoms with Crippen LogP contribution in [0.3, 0.4) is 0 Å². The van der Waals surface area contributed by atoms with Gasteiger partial charge in [-0.2, -0.15) is 5.10 Å². The second-order valence-corrected chi connectivity index (χ2v) is 8.22. The molecule has 0 amide bonds. The Balaban J connectivity index is 1.62. The zero-order valence-electron chi connectivity index (χ0n) is 15.2. The van der Waals surface area contributed by atoms with E-state index in [-0.39, 0.29) is 18.3 Å². The van der Waals surface area contributed by atoms with Crippen LogP contribution in [0.4, 0.5) is 0 Å². The normalized spacial score (nSPS) is 26.5. The molecule has 2 saturated heterocycles. The maximum atomic E-state index is 6.16. The summed E-state index contributed by atoms with van der Waals surface area (Å²) in [7, 11) is 1.85. The van der Waals surface area contributed by atoms with Crippen LogP contribution in [0.2, 0.25) is 0 Å². The lowest BCUT2D eigenvalue weighted by Gasteiger charge is -2.32. The molecule has 128 valence electrons. The number of rotatable bonds is 2. The van der Waals surface area contributed by atoms with Gasteiger partial charge in [0.2, 0.25) is 0 Å². The Hall–Kier alpha value is -1.37. The van der Waals surface area contributed by atoms with Gasteiger partial charge < -0.3 is 14.2 Å². The van der Waals surface area contributed by atoms with E-state index in [0.717, 1.165) is 35.9 Å². The van der Waals surface area contributed by atoms with Crippen LogP contribution in [0, 0.1) is 0 Å². The van der Waals surface area contributed by atoms with Gasteiger partial charge in [0, 0.05) is 18.1 Å². The zero-order valence-corrected chi connectivity index (χ0v) is 15.2. The second kappa shape index (κ2) is 5.31. The van der Waals surface area contributed by atoms with Gasteiger partial charge in [0.1, 0.15) is 0 Å². The molecule has 5 nitrogen and oxygen atoms in total. The first-order valence-electron chi connectivity index (χ1n) is 8.78. The monoisotopic (exact) mass is 327 g/mol. The predicted octanol–water partition coefficient (Wildman–Crippen LogP) is 2.21. The smallest absolute Gasteiger partial charge is 0.399 e. The quantitative estimate of drug-likeness (QED) is 0.793. The van der Waals surface area contributed by atoms with Crippen LogP contribution < -0.4 is 5.46 Å². The lowest BCUT2D eigenvalue weighted by Crippen LogP contribution is -2.41. The summed E-state index contributed by atoms with van der Waals surface area (Å²) in [5.41, 5.74) is 1.46. The van der Waals surface area contributed by atoms with E-state index in [0.29, 0.717) is 6.04 Å². The summed E-state index contributed by atoms with van der Waals surface area (Å²) in [5, 5.41) is 5.91. The van der Waals surface area contributed by atoms with E-state index in [2.05, 4.69) is 68.7 Å². The minimum atomic E-state index is -0.319. The average molecular weight is 327 g/mol. The Morgan fingerprint density at radius 1 is 1.17 bits per heavy atom. The number of fused-ring (bicyclic) bond motifs is 1. The van der Waals surface area contributed by atoms with E-state index in [1.54, 1.807) is 0 Å². The van der Waals surface area contributed by atoms with Crippen molar-refractivity contribution in [3.8, 4) is 0 Å². The summed E-state index contributed by atoms with van der Waals surface area (Å²) in [4.78, 5) is 2.35. The largest absolute Gasteiger partial charge is 0.494 e. The molecule has 0 aliphatic carbocycles. The second-order valence-electron chi connectivity index (χ2n) is 8.22. The fourth-order valence-electron chi connectivity index (χ4n) is 3.50. The summed E-state index contributed by atoms with van der Waals surface area (Å²) in [5.74, 6) is 0. The van der Waals surface area contributed by atoms with Crippen molar-refractivity contribution in [2.75, 3.05) is 20.1 Å². The van der Waals surface area contributed by atoms with E-state index in [9.17, 15) is 0 Å². The van der Waals surface area contributed by atoms with Crippen molar-refractivity contribution in [1.82, 2.24) is 14.7 Å². The minimum absolute atomic E-state index is 0.314. The molecule has 6 heteroatoms. The number of nitrogens with zero attached hydrogens (tertiary/aromatic N) is 3. The highest BCUT2D eigenvalue weighted by atomic mass is 16.7. The van der Waals surface area contributed by atoms with Crippen molar-refractivity contribution in [3.05, 3.63) is 24.4 Å². The highest BCUT2D eigenvalue weighted by molar-refractivity contribution is 6.62. The van der Waals surface area contributed by atoms with Crippen LogP contribution in [-0.2, 0) is 9.31 Å². The van der Waals surface area contributed by atoms with E-state index in [1.165, 1.54) is 0 Å².